The van der Waals surface area contributed by atoms with E-state index in [9.17, 15) is 14.0 Å². The maximum absolute atomic E-state index is 13.4. The zero-order valence-electron chi connectivity index (χ0n) is 13.9. The number of amides is 2. The Bertz CT molecular complexity index is 840. The molecule has 0 bridgehead atoms. The van der Waals surface area contributed by atoms with Crippen molar-refractivity contribution < 1.29 is 14.0 Å². The van der Waals surface area contributed by atoms with Crippen LogP contribution >= 0.6 is 11.6 Å². The summed E-state index contributed by atoms with van der Waals surface area (Å²) in [4.78, 5) is 26.6. The maximum Gasteiger partial charge on any atom is 0.230 e. The lowest BCUT2D eigenvalue weighted by molar-refractivity contribution is -0.135. The quantitative estimate of drug-likeness (QED) is 0.894. The van der Waals surface area contributed by atoms with E-state index in [1.807, 2.05) is 25.1 Å². The first-order valence-electron chi connectivity index (χ1n) is 7.99. The molecule has 0 spiro atoms. The van der Waals surface area contributed by atoms with Gasteiger partial charge in [0.1, 0.15) is 5.82 Å². The molecule has 0 saturated carbocycles. The molecule has 6 heteroatoms. The predicted octanol–water partition coefficient (Wildman–Crippen LogP) is 4.12. The fourth-order valence-corrected chi connectivity index (χ4v) is 3.41. The molecule has 2 aromatic carbocycles. The molecule has 2 aromatic rings. The highest BCUT2D eigenvalue weighted by atomic mass is 35.5. The summed E-state index contributed by atoms with van der Waals surface area (Å²) in [6.07, 6.45) is 0.0387. The number of fused-ring (bicyclic) bond motifs is 1. The molecule has 0 fully saturated rings. The lowest BCUT2D eigenvalue weighted by Gasteiger charge is -2.32. The number of halogens is 2. The number of likely N-dealkylation sites (N-methyl/N-ethyl adjacent to an activating group) is 1. The van der Waals surface area contributed by atoms with E-state index in [2.05, 4.69) is 5.32 Å². The van der Waals surface area contributed by atoms with Gasteiger partial charge in [-0.3, -0.25) is 9.59 Å². The minimum atomic E-state index is -0.640. The molecule has 3 rings (SSSR count). The largest absolute Gasteiger partial charge is 0.338 e. The van der Waals surface area contributed by atoms with Crippen LogP contribution < -0.4 is 5.32 Å². The Balaban J connectivity index is 1.90. The molecule has 2 unspecified atom stereocenters. The smallest absolute Gasteiger partial charge is 0.230 e. The van der Waals surface area contributed by atoms with E-state index in [0.29, 0.717) is 16.3 Å². The van der Waals surface area contributed by atoms with E-state index in [1.54, 1.807) is 24.1 Å². The molecule has 1 aliphatic heterocycles. The number of carbonyl (C=O) groups excluding carboxylic acids is 2. The summed E-state index contributed by atoms with van der Waals surface area (Å²) in [5, 5.41) is 3.21. The van der Waals surface area contributed by atoms with E-state index < -0.39 is 11.7 Å². The van der Waals surface area contributed by atoms with Gasteiger partial charge in [-0.25, -0.2) is 4.39 Å². The number of anilines is 1. The third-order valence-electron chi connectivity index (χ3n) is 4.64. The monoisotopic (exact) mass is 360 g/mol. The van der Waals surface area contributed by atoms with Crippen molar-refractivity contribution in [2.75, 3.05) is 12.4 Å². The van der Waals surface area contributed by atoms with Gasteiger partial charge >= 0.3 is 0 Å². The minimum absolute atomic E-state index is 0.0387. The van der Waals surface area contributed by atoms with E-state index in [1.165, 1.54) is 12.1 Å². The summed E-state index contributed by atoms with van der Waals surface area (Å²) in [7, 11) is 1.69. The molecule has 2 atom stereocenters. The lowest BCUT2D eigenvalue weighted by Crippen LogP contribution is -2.37. The van der Waals surface area contributed by atoms with Gasteiger partial charge in [0.05, 0.1) is 12.0 Å². The SMILES string of the molecule is CC(c1ccccc1Cl)N(C)C(=O)C1CC(=O)Nc2cc(F)ccc21. The zero-order valence-corrected chi connectivity index (χ0v) is 14.7. The van der Waals surface area contributed by atoms with Gasteiger partial charge in [-0.2, -0.15) is 0 Å². The number of nitrogens with zero attached hydrogens (tertiary/aromatic N) is 1. The molecule has 1 N–H and O–H groups in total. The average molecular weight is 361 g/mol. The molecule has 4 nitrogen and oxygen atoms in total. The van der Waals surface area contributed by atoms with Crippen LogP contribution in [-0.2, 0) is 9.59 Å². The van der Waals surface area contributed by atoms with Gasteiger partial charge in [-0.15, -0.1) is 0 Å². The zero-order chi connectivity index (χ0) is 18.1. The molecule has 0 radical (unpaired) electrons. The maximum atomic E-state index is 13.4. The van der Waals surface area contributed by atoms with Crippen LogP contribution in [0.4, 0.5) is 10.1 Å². The summed E-state index contributed by atoms with van der Waals surface area (Å²) in [6, 6.07) is 11.2. The second-order valence-electron chi connectivity index (χ2n) is 6.18. The van der Waals surface area contributed by atoms with Gasteiger partial charge in [-0.1, -0.05) is 35.9 Å². The number of hydrogen-bond acceptors (Lipinski definition) is 2. The third-order valence-corrected chi connectivity index (χ3v) is 4.98. The first-order chi connectivity index (χ1) is 11.9. The molecule has 0 aromatic heterocycles. The van der Waals surface area contributed by atoms with Crippen molar-refractivity contribution in [3.63, 3.8) is 0 Å². The summed E-state index contributed by atoms with van der Waals surface area (Å²) in [5.74, 6) is -1.59. The van der Waals surface area contributed by atoms with Gasteiger partial charge in [0.25, 0.3) is 0 Å². The van der Waals surface area contributed by atoms with E-state index in [-0.39, 0.29) is 24.3 Å². The van der Waals surface area contributed by atoms with Crippen LogP contribution in [0.25, 0.3) is 0 Å². The van der Waals surface area contributed by atoms with Crippen molar-refractivity contribution in [1.29, 1.82) is 0 Å². The second kappa shape index (κ2) is 6.84. The van der Waals surface area contributed by atoms with E-state index in [4.69, 9.17) is 11.6 Å². The van der Waals surface area contributed by atoms with Crippen LogP contribution in [0.3, 0.4) is 0 Å². The Labute approximate surface area is 150 Å². The Morgan fingerprint density at radius 2 is 2.04 bits per heavy atom. The molecule has 1 heterocycles. The first-order valence-corrected chi connectivity index (χ1v) is 8.36. The second-order valence-corrected chi connectivity index (χ2v) is 6.59. The average Bonchev–Trinajstić information content (AvgIpc) is 2.59. The van der Waals surface area contributed by atoms with Crippen molar-refractivity contribution >= 4 is 29.1 Å². The number of carbonyl (C=O) groups is 2. The van der Waals surface area contributed by atoms with Gasteiger partial charge in [0.2, 0.25) is 11.8 Å². The number of benzene rings is 2. The minimum Gasteiger partial charge on any atom is -0.338 e. The van der Waals surface area contributed by atoms with Crippen LogP contribution in [0.15, 0.2) is 42.5 Å². The predicted molar refractivity (Wildman–Crippen MR) is 95.0 cm³/mol. The number of rotatable bonds is 3. The highest BCUT2D eigenvalue weighted by Gasteiger charge is 2.34. The Kier molecular flexibility index (Phi) is 4.77. The van der Waals surface area contributed by atoms with Gasteiger partial charge < -0.3 is 10.2 Å². The summed E-state index contributed by atoms with van der Waals surface area (Å²) < 4.78 is 13.4. The number of hydrogen-bond donors (Lipinski definition) is 1. The molecule has 0 saturated heterocycles. The molecular formula is C19H18ClFN2O2. The summed E-state index contributed by atoms with van der Waals surface area (Å²) in [6.45, 7) is 1.88. The summed E-state index contributed by atoms with van der Waals surface area (Å²) >= 11 is 6.23. The van der Waals surface area contributed by atoms with Crippen LogP contribution in [0.5, 0.6) is 0 Å². The van der Waals surface area contributed by atoms with Crippen molar-refractivity contribution in [2.24, 2.45) is 0 Å². The Morgan fingerprint density at radius 3 is 2.76 bits per heavy atom. The van der Waals surface area contributed by atoms with E-state index >= 15 is 0 Å². The van der Waals surface area contributed by atoms with Crippen molar-refractivity contribution in [3.05, 3.63) is 64.4 Å². The van der Waals surface area contributed by atoms with Gasteiger partial charge in [0, 0.05) is 24.2 Å². The Morgan fingerprint density at radius 1 is 1.32 bits per heavy atom. The molecule has 2 amide bonds. The van der Waals surface area contributed by atoms with Crippen molar-refractivity contribution in [3.8, 4) is 0 Å². The van der Waals surface area contributed by atoms with Crippen molar-refractivity contribution in [2.45, 2.75) is 25.3 Å². The molecule has 1 aliphatic rings. The highest BCUT2D eigenvalue weighted by molar-refractivity contribution is 6.31. The molecule has 25 heavy (non-hydrogen) atoms. The van der Waals surface area contributed by atoms with E-state index in [0.717, 1.165) is 5.56 Å². The lowest BCUT2D eigenvalue weighted by atomic mass is 9.88. The van der Waals surface area contributed by atoms with Gasteiger partial charge in [-0.05, 0) is 36.2 Å². The Hall–Kier alpha value is -2.40. The summed E-state index contributed by atoms with van der Waals surface area (Å²) in [5.41, 5.74) is 1.82. The van der Waals surface area contributed by atoms with Crippen LogP contribution in [0.2, 0.25) is 5.02 Å². The molecule has 130 valence electrons. The topological polar surface area (TPSA) is 49.4 Å². The molecular weight excluding hydrogens is 343 g/mol. The van der Waals surface area contributed by atoms with Crippen molar-refractivity contribution in [1.82, 2.24) is 4.90 Å². The van der Waals surface area contributed by atoms with Gasteiger partial charge in [0.15, 0.2) is 0 Å². The van der Waals surface area contributed by atoms with Crippen LogP contribution in [-0.4, -0.2) is 23.8 Å². The number of nitrogens with one attached hydrogen (secondary N) is 1. The normalized spacial score (nSPS) is 17.4. The van der Waals surface area contributed by atoms with Crippen LogP contribution in [0.1, 0.15) is 36.4 Å². The molecule has 0 aliphatic carbocycles. The standard InChI is InChI=1S/C19H18ClFN2O2/c1-11(13-5-3-4-6-16(13)20)23(2)19(25)15-10-18(24)22-17-9-12(21)7-8-14(15)17/h3-9,11,15H,10H2,1-2H3,(H,22,24). The van der Waals surface area contributed by atoms with Crippen LogP contribution in [0, 0.1) is 5.82 Å². The first kappa shape index (κ1) is 17.4. The fraction of sp³-hybridized carbons (Fsp3) is 0.263. The highest BCUT2D eigenvalue weighted by Crippen LogP contribution is 2.36. The fourth-order valence-electron chi connectivity index (χ4n) is 3.12. The third kappa shape index (κ3) is 3.37.